The van der Waals surface area contributed by atoms with Gasteiger partial charge < -0.3 is 103 Å². The quantitative estimate of drug-likeness (QED) is 0.0196. The Bertz CT molecular complexity index is 9380. The van der Waals surface area contributed by atoms with Gasteiger partial charge in [0.15, 0.2) is 0 Å². The smallest absolute Gasteiger partial charge is 0.118 e. The van der Waals surface area contributed by atoms with Crippen LogP contribution in [0.2, 0.25) is 0 Å². The zero-order chi connectivity index (χ0) is 194. The van der Waals surface area contributed by atoms with Gasteiger partial charge in [-0.1, -0.05) is 219 Å². The van der Waals surface area contributed by atoms with Crippen LogP contribution in [0.25, 0.3) is 0 Å². The molecule has 7 unspecified atom stereocenters. The molecule has 7 aliphatic rings. The molecule has 7 aromatic carbocycles. The SMILES string of the molecule is [2H]C(CN(C)C)(c1ccc(OC)cc1)C1(O)C([2H])([2H])C([2H])([2H])C([2H])([2H])C([2H])([2H])C1([2H])[2H].[2H]C([2H])(N(C)C)C([2H])(c1ccc(OC)cc1)C1(O)C([2H])([2H])C([2H])([2H])C([2H])([2H])C([2H])([2H])C1([2H])[2H].[2H]C([2H])([2H])N(C([2H])([2H])[2H])C([2H])([2H])C(c1ccc(OC)cc1)C1(O)C([2H])([2H])C([2H])([2H])C([2H])([2H])C([2H])([2H])C1([2H])[2H].[2H]C([2H])([2H])N(C)C([2H])([2H])C([2H])(c1ccc(OC)cc1)C1(O)C([2H])([2H])C([2H])([2H])C([2H])([2H])C([2H])([2H])C1([2H])[2H].[2H]C([2H])([2H])N(C)C([2H])([2H])C(c1ccc(OC)cc1)C1(O)C([2H])([2H])C([2H])([2H])C([2H])([2H])C([2H])([2H])C1([2H])[2H].[2H]C([2H])([2H])N(C)CC([2H])(c1ccc(OC)cc1)C1(O)C([2H])([2H])C([2H])([2H])C([2H])([2H])C([2H])([2H])C1([2H])[2H].[2H]C([2H])([2H])N(CC([2H])(c1ccc(OC)cc1)C1(O)C([2H])([2H])C([2H])([2H])C([2H])([2H])C([2H])([2H])C1([2H])[2H])C([2H])([2H])[2H]. The van der Waals surface area contributed by atoms with Crippen LogP contribution >= 0.6 is 0 Å². The Labute approximate surface area is 993 Å². The highest BCUT2D eigenvalue weighted by Crippen LogP contribution is 2.49. The van der Waals surface area contributed by atoms with Crippen LogP contribution in [0.15, 0.2) is 170 Å². The van der Waals surface area contributed by atoms with E-state index in [1.54, 1.807) is 0 Å². The fraction of sp³-hybridized carbons (Fsp3) is 0.647. The number of ether oxygens (including phenoxy) is 7. The van der Waals surface area contributed by atoms with Gasteiger partial charge in [0.2, 0.25) is 0 Å². The maximum absolute atomic E-state index is 11.9. The van der Waals surface area contributed by atoms with E-state index in [2.05, 4.69) is 0 Å². The van der Waals surface area contributed by atoms with Crippen LogP contribution in [0.1, 0.15) is 446 Å². The summed E-state index contributed by atoms with van der Waals surface area (Å²) < 4.78 is 887. The minimum Gasteiger partial charge on any atom is -0.497 e. The van der Waals surface area contributed by atoms with Crippen molar-refractivity contribution in [2.45, 2.75) is 304 Å². The largest absolute Gasteiger partial charge is 0.497 e. The summed E-state index contributed by atoms with van der Waals surface area (Å²) in [5.41, 5.74) is -32.0. The van der Waals surface area contributed by atoms with Crippen molar-refractivity contribution in [1.29, 1.82) is 0 Å². The Balaban J connectivity index is 0.000000335. The first-order chi connectivity index (χ1) is 107. The lowest BCUT2D eigenvalue weighted by atomic mass is 9.72. The van der Waals surface area contributed by atoms with Crippen LogP contribution < -0.4 is 33.2 Å². The zero-order valence-corrected chi connectivity index (χ0v) is 78.6. The predicted molar refractivity (Wildman–Crippen MR) is 576 cm³/mol. The molecular weight excluding hydrogens is 1750 g/mol. The molecule has 7 aliphatic carbocycles. The summed E-state index contributed by atoms with van der Waals surface area (Å²) >= 11 is 0. The maximum Gasteiger partial charge on any atom is 0.118 e. The van der Waals surface area contributed by atoms with Crippen LogP contribution in [-0.2, 0) is 0 Å². The lowest BCUT2D eigenvalue weighted by Crippen LogP contribution is -2.42. The number of hydrogen-bond donors (Lipinski definition) is 7. The third-order valence-electron chi connectivity index (χ3n) is 19.5. The van der Waals surface area contributed by atoms with Gasteiger partial charge in [0.05, 0.1) is 89.0 Å². The van der Waals surface area contributed by atoms with Gasteiger partial charge in [0.25, 0.3) is 0 Å². The minimum absolute atomic E-state index is 0.0598. The van der Waals surface area contributed by atoms with Crippen LogP contribution in [0.5, 0.6) is 40.2 Å². The summed E-state index contributed by atoms with van der Waals surface area (Å²) in [6, 6.07) is 31.6. The van der Waals surface area contributed by atoms with E-state index in [9.17, 15) is 38.5 Å². The Kier molecular flexibility index (Phi) is 16.2. The Hall–Kier alpha value is -7.42. The van der Waals surface area contributed by atoms with Crippen molar-refractivity contribution < 1.29 is 211 Å². The molecule has 0 aromatic heterocycles. The van der Waals surface area contributed by atoms with Gasteiger partial charge in [-0.25, -0.2) is 0 Å². The number of nitrogens with zero attached hydrogens (tertiary/aromatic N) is 7. The van der Waals surface area contributed by atoms with Crippen LogP contribution in [0.3, 0.4) is 0 Å². The Morgan fingerprint density at radius 2 is 0.393 bits per heavy atom. The number of hydrogen-bond acceptors (Lipinski definition) is 21. The molecule has 0 saturated heterocycles. The van der Waals surface area contributed by atoms with E-state index in [0.29, 0.717) is 17.7 Å². The van der Waals surface area contributed by atoms with Gasteiger partial charge in [-0.2, -0.15) is 0 Å². The van der Waals surface area contributed by atoms with Gasteiger partial charge in [0, 0.05) is 229 Å². The molecule has 140 heavy (non-hydrogen) atoms. The molecule has 0 radical (unpaired) electrons. The number of likely N-dealkylation sites (N-methyl/N-ethyl adjacent to an activating group) is 7. The van der Waals surface area contributed by atoms with Gasteiger partial charge in [-0.15, -0.1) is 0 Å². The van der Waals surface area contributed by atoms with Crippen molar-refractivity contribution in [3.8, 4) is 40.2 Å². The Morgan fingerprint density at radius 3 is 0.600 bits per heavy atom. The molecular formula is C119H189N7O14. The van der Waals surface area contributed by atoms with Crippen molar-refractivity contribution in [3.63, 3.8) is 0 Å². The zero-order valence-electron chi connectivity index (χ0n) is 183. The van der Waals surface area contributed by atoms with E-state index in [0.717, 1.165) is 142 Å². The van der Waals surface area contributed by atoms with E-state index in [4.69, 9.17) is 173 Å². The van der Waals surface area contributed by atoms with Crippen molar-refractivity contribution in [2.24, 2.45) is 0 Å². The first kappa shape index (κ1) is 38.7. The van der Waals surface area contributed by atoms with Gasteiger partial charge in [-0.05, 0) is 311 Å². The van der Waals surface area contributed by atoms with Crippen molar-refractivity contribution >= 4 is 0 Å². The summed E-state index contributed by atoms with van der Waals surface area (Å²) in [5.74, 6) is -20.6. The molecule has 784 valence electrons. The lowest BCUT2D eigenvalue weighted by Gasteiger charge is -2.40. The highest BCUT2D eigenvalue weighted by molar-refractivity contribution is 5.38. The highest BCUT2D eigenvalue weighted by Gasteiger charge is 2.46. The molecule has 0 amide bonds. The fourth-order valence-corrected chi connectivity index (χ4v) is 12.8. The van der Waals surface area contributed by atoms with E-state index in [1.807, 2.05) is 0 Å². The molecule has 21 heteroatoms. The molecule has 14 rings (SSSR count). The van der Waals surface area contributed by atoms with E-state index >= 15 is 0 Å². The first-order valence-electron chi connectivity index (χ1n) is 93.4. The number of rotatable bonds is 35. The summed E-state index contributed by atoms with van der Waals surface area (Å²) in [6.45, 7) is -41.7. The molecule has 7 N–H and O–H groups in total. The van der Waals surface area contributed by atoms with Crippen molar-refractivity contribution in [1.82, 2.24) is 34.3 Å². The molecule has 0 spiro atoms. The third kappa shape index (κ3) is 36.7. The average molecular weight is 2050 g/mol. The van der Waals surface area contributed by atoms with Crippen LogP contribution in [0, 0.1) is 0 Å². The second kappa shape index (κ2) is 58.7. The predicted octanol–water partition coefficient (Wildman–Crippen LogP) is 21.2. The topological polar surface area (TPSA) is 229 Å². The standard InChI is InChI=1S/7C17H27NO2/c7*1-18(2)13-16(17(19)11-5-4-6-12-17)14-7-9-15(20-3)10-8-14/h7*7-10,16,19H,4-6,11-13H2,1-3H3/i1D3,4D2,5D2,6D2,11D2,12D2,13D2,16D;1D3,2D3,4D2,5D2,6D2,11D2,12D2,16D;1D3,2D3,4D2,5D2,6D2,11D2,12D2,13D2;4D2,5D2,6D2,11D2,12D2,13D2,16D;1D3,4D2,5D2,6D2,11D2,12D2,16D;1D3,4D2,5D2,6D2,11D2,12D2,13D2;4D2,5D2,6D2,11D2,12D2,16D. The normalized spacial score (nSPS) is 45.6. The second-order valence-electron chi connectivity index (χ2n) is 30.2. The first-order valence-corrected chi connectivity index (χ1v) is 41.4. The average Bonchev–Trinajstić information content (AvgIpc) is 0.633. The monoisotopic (exact) mass is 2050 g/mol. The van der Waals surface area contributed by atoms with Gasteiger partial charge >= 0.3 is 0 Å². The number of benzene rings is 7. The lowest BCUT2D eigenvalue weighted by molar-refractivity contribution is -0.0280. The van der Waals surface area contributed by atoms with Crippen LogP contribution in [0.4, 0.5) is 0 Å². The van der Waals surface area contributed by atoms with Crippen molar-refractivity contribution in [3.05, 3.63) is 209 Å². The van der Waals surface area contributed by atoms with Gasteiger partial charge in [-0.3, -0.25) is 0 Å². The Morgan fingerprint density at radius 1 is 0.221 bits per heavy atom. The summed E-state index contributed by atoms with van der Waals surface area (Å²) in [6.07, 6.45) is -138. The van der Waals surface area contributed by atoms with E-state index in [-0.39, 0.29) is 60.3 Å². The minimum atomic E-state index is -4.39. The van der Waals surface area contributed by atoms with Crippen LogP contribution in [-0.4, -0.2) is 303 Å². The summed E-state index contributed by atoms with van der Waals surface area (Å²) in [5, 5.41) is 83.0. The summed E-state index contributed by atoms with van der Waals surface area (Å²) in [4.78, 5) is 1.75. The summed E-state index contributed by atoms with van der Waals surface area (Å²) in [7, 11) is 16.7. The molecule has 0 aliphatic heterocycles. The second-order valence-corrected chi connectivity index (χ2v) is 30.2. The maximum atomic E-state index is 11.9. The molecule has 0 bridgehead atoms. The fourth-order valence-electron chi connectivity index (χ4n) is 12.8. The highest BCUT2D eigenvalue weighted by atomic mass is 16.5. The molecule has 7 aromatic rings. The van der Waals surface area contributed by atoms with Gasteiger partial charge in [0.1, 0.15) is 40.2 Å². The molecule has 7 saturated carbocycles. The van der Waals surface area contributed by atoms with Crippen molar-refractivity contribution in [2.75, 3.05) is 194 Å². The molecule has 7 atom stereocenters. The number of aliphatic hydroxyl groups is 7. The molecule has 21 nitrogen and oxygen atoms in total. The molecule has 7 fully saturated rings. The van der Waals surface area contributed by atoms with E-state index < -0.39 is 431 Å². The number of methoxy groups -OCH3 is 7. The molecule has 0 heterocycles. The third-order valence-corrected chi connectivity index (χ3v) is 19.5. The van der Waals surface area contributed by atoms with E-state index in [1.165, 1.54) is 129 Å².